The fourth-order valence-corrected chi connectivity index (χ4v) is 2.78. The van der Waals surface area contributed by atoms with Gasteiger partial charge in [-0.15, -0.1) is 11.3 Å². The summed E-state index contributed by atoms with van der Waals surface area (Å²) in [6, 6.07) is 10.3. The number of thiophene rings is 1. The van der Waals surface area contributed by atoms with Crippen LogP contribution in [0.2, 0.25) is 0 Å². The lowest BCUT2D eigenvalue weighted by Gasteiger charge is -2.06. The molecule has 0 saturated carbocycles. The molecule has 0 aliphatic heterocycles. The van der Waals surface area contributed by atoms with E-state index in [2.05, 4.69) is 4.98 Å². The van der Waals surface area contributed by atoms with Gasteiger partial charge in [0.2, 0.25) is 5.91 Å². The maximum Gasteiger partial charge on any atom is 0.340 e. The maximum absolute atomic E-state index is 12.1. The zero-order valence-electron chi connectivity index (χ0n) is 11.5. The number of carbonyl (C=O) groups is 2. The molecule has 3 aromatic rings. The average molecular weight is 312 g/mol. The molecule has 1 aromatic carbocycles. The largest absolute Gasteiger partial charge is 0.457 e. The lowest BCUT2D eigenvalue weighted by Crippen LogP contribution is -2.11. The van der Waals surface area contributed by atoms with E-state index in [1.54, 1.807) is 30.3 Å². The molecule has 0 atom stereocenters. The first-order valence-corrected chi connectivity index (χ1v) is 7.40. The number of hydrogen-bond donors (Lipinski definition) is 1. The molecule has 1 amide bonds. The molecule has 22 heavy (non-hydrogen) atoms. The molecule has 110 valence electrons. The smallest absolute Gasteiger partial charge is 0.340 e. The second-order valence-electron chi connectivity index (χ2n) is 4.67. The number of carbonyl (C=O) groups excluding carboxylic acids is 2. The quantitative estimate of drug-likeness (QED) is 0.751. The van der Waals surface area contributed by atoms with Gasteiger partial charge >= 0.3 is 5.97 Å². The summed E-state index contributed by atoms with van der Waals surface area (Å²) in [6.45, 7) is 0.0719. The van der Waals surface area contributed by atoms with Crippen molar-refractivity contribution in [2.75, 3.05) is 0 Å². The minimum Gasteiger partial charge on any atom is -0.457 e. The summed E-state index contributed by atoms with van der Waals surface area (Å²) in [5, 5.41) is 1.92. The molecule has 0 aliphatic rings. The van der Waals surface area contributed by atoms with Crippen molar-refractivity contribution < 1.29 is 14.3 Å². The zero-order chi connectivity index (χ0) is 15.5. The third-order valence-electron chi connectivity index (χ3n) is 3.12. The number of benzene rings is 1. The number of aromatic nitrogens is 1. The fourth-order valence-electron chi connectivity index (χ4n) is 2.00. The van der Waals surface area contributed by atoms with E-state index >= 15 is 0 Å². The highest BCUT2D eigenvalue weighted by molar-refractivity contribution is 7.17. The summed E-state index contributed by atoms with van der Waals surface area (Å²) in [5.74, 6) is -0.965. The maximum atomic E-state index is 12.1. The molecule has 6 heteroatoms. The highest BCUT2D eigenvalue weighted by Crippen LogP contribution is 2.20. The predicted octanol–water partition coefficient (Wildman–Crippen LogP) is 2.75. The summed E-state index contributed by atoms with van der Waals surface area (Å²) in [7, 11) is 0. The normalized spacial score (nSPS) is 10.5. The standard InChI is InChI=1S/C16H12N2O3S/c17-15(19)11-3-1-2-10(6-11)9-21-16(20)12-7-14-13(18-8-12)4-5-22-14/h1-8H,9H2,(H2,17,19). The van der Waals surface area contributed by atoms with Crippen LogP contribution in [0.25, 0.3) is 10.2 Å². The van der Waals surface area contributed by atoms with Crippen molar-refractivity contribution in [2.24, 2.45) is 5.73 Å². The second kappa shape index (κ2) is 5.95. The number of amides is 1. The average Bonchev–Trinajstić information content (AvgIpc) is 3.00. The van der Waals surface area contributed by atoms with Crippen LogP contribution in [0, 0.1) is 0 Å². The van der Waals surface area contributed by atoms with E-state index in [-0.39, 0.29) is 6.61 Å². The van der Waals surface area contributed by atoms with Crippen LogP contribution in [-0.2, 0) is 11.3 Å². The molecule has 0 spiro atoms. The van der Waals surface area contributed by atoms with Crippen LogP contribution in [0.15, 0.2) is 48.0 Å². The lowest BCUT2D eigenvalue weighted by atomic mass is 10.1. The van der Waals surface area contributed by atoms with Crippen LogP contribution in [0.3, 0.4) is 0 Å². The van der Waals surface area contributed by atoms with E-state index in [1.165, 1.54) is 17.5 Å². The van der Waals surface area contributed by atoms with Crippen LogP contribution < -0.4 is 5.73 Å². The molecule has 0 unspecified atom stereocenters. The first kappa shape index (κ1) is 14.2. The molecule has 5 nitrogen and oxygen atoms in total. The van der Waals surface area contributed by atoms with Gasteiger partial charge in [-0.25, -0.2) is 4.79 Å². The van der Waals surface area contributed by atoms with Crippen molar-refractivity contribution in [2.45, 2.75) is 6.61 Å². The summed E-state index contributed by atoms with van der Waals surface area (Å²) < 4.78 is 6.18. The molecule has 2 aromatic heterocycles. The Hall–Kier alpha value is -2.73. The third kappa shape index (κ3) is 2.96. The van der Waals surface area contributed by atoms with Gasteiger partial charge < -0.3 is 10.5 Å². The predicted molar refractivity (Wildman–Crippen MR) is 83.7 cm³/mol. The number of primary amides is 1. The molecular weight excluding hydrogens is 300 g/mol. The van der Waals surface area contributed by atoms with E-state index in [0.29, 0.717) is 16.7 Å². The van der Waals surface area contributed by atoms with Gasteiger partial charge in [0.25, 0.3) is 0 Å². The second-order valence-corrected chi connectivity index (χ2v) is 5.62. The first-order chi connectivity index (χ1) is 10.6. The highest BCUT2D eigenvalue weighted by Gasteiger charge is 2.10. The first-order valence-electron chi connectivity index (χ1n) is 6.52. The number of nitrogens with zero attached hydrogens (tertiary/aromatic N) is 1. The van der Waals surface area contributed by atoms with Crippen molar-refractivity contribution in [3.63, 3.8) is 0 Å². The van der Waals surface area contributed by atoms with Crippen LogP contribution in [0.4, 0.5) is 0 Å². The Bertz CT molecular complexity index is 857. The Kier molecular flexibility index (Phi) is 3.84. The number of ether oxygens (including phenoxy) is 1. The Morgan fingerprint density at radius 1 is 1.18 bits per heavy atom. The van der Waals surface area contributed by atoms with Crippen LogP contribution in [0.5, 0.6) is 0 Å². The van der Waals surface area contributed by atoms with Gasteiger partial charge in [0.15, 0.2) is 0 Å². The fraction of sp³-hybridized carbons (Fsp3) is 0.0625. The van der Waals surface area contributed by atoms with Crippen molar-refractivity contribution in [1.82, 2.24) is 4.98 Å². The van der Waals surface area contributed by atoms with Crippen LogP contribution in [-0.4, -0.2) is 16.9 Å². The van der Waals surface area contributed by atoms with E-state index in [9.17, 15) is 9.59 Å². The molecule has 0 radical (unpaired) electrons. The van der Waals surface area contributed by atoms with Crippen LogP contribution >= 0.6 is 11.3 Å². The molecule has 0 fully saturated rings. The van der Waals surface area contributed by atoms with E-state index in [1.807, 2.05) is 11.4 Å². The minimum absolute atomic E-state index is 0.0719. The monoisotopic (exact) mass is 312 g/mol. The van der Waals surface area contributed by atoms with Gasteiger partial charge in [-0.2, -0.15) is 0 Å². The zero-order valence-corrected chi connectivity index (χ0v) is 12.3. The van der Waals surface area contributed by atoms with Crippen molar-refractivity contribution in [3.8, 4) is 0 Å². The summed E-state index contributed by atoms with van der Waals surface area (Å²) >= 11 is 1.52. The van der Waals surface area contributed by atoms with E-state index < -0.39 is 11.9 Å². The Morgan fingerprint density at radius 3 is 2.86 bits per heavy atom. The number of hydrogen-bond acceptors (Lipinski definition) is 5. The van der Waals surface area contributed by atoms with Gasteiger partial charge in [0.1, 0.15) is 6.61 Å². The van der Waals surface area contributed by atoms with Gasteiger partial charge in [0.05, 0.1) is 15.8 Å². The molecular formula is C16H12N2O3S. The molecule has 0 bridgehead atoms. The minimum atomic E-state index is -0.513. The van der Waals surface area contributed by atoms with Crippen molar-refractivity contribution in [3.05, 3.63) is 64.7 Å². The van der Waals surface area contributed by atoms with E-state index in [0.717, 1.165) is 10.2 Å². The Balaban J connectivity index is 1.71. The number of pyridine rings is 1. The number of rotatable bonds is 4. The lowest BCUT2D eigenvalue weighted by molar-refractivity contribution is 0.0472. The summed E-state index contributed by atoms with van der Waals surface area (Å²) in [5.41, 5.74) is 7.57. The van der Waals surface area contributed by atoms with E-state index in [4.69, 9.17) is 10.5 Å². The molecule has 0 aliphatic carbocycles. The van der Waals surface area contributed by atoms with Gasteiger partial charge in [0, 0.05) is 11.8 Å². The topological polar surface area (TPSA) is 82.3 Å². The van der Waals surface area contributed by atoms with Crippen molar-refractivity contribution in [1.29, 1.82) is 0 Å². The molecule has 2 N–H and O–H groups in total. The summed E-state index contributed by atoms with van der Waals surface area (Å²) in [6.07, 6.45) is 1.50. The molecule has 3 rings (SSSR count). The summed E-state index contributed by atoms with van der Waals surface area (Å²) in [4.78, 5) is 27.4. The number of esters is 1. The van der Waals surface area contributed by atoms with Gasteiger partial charge in [-0.05, 0) is 35.2 Å². The van der Waals surface area contributed by atoms with Crippen molar-refractivity contribution >= 4 is 33.4 Å². The SMILES string of the molecule is NC(=O)c1cccc(COC(=O)c2cnc3ccsc3c2)c1. The number of nitrogens with two attached hydrogens (primary N) is 1. The third-order valence-corrected chi connectivity index (χ3v) is 3.97. The highest BCUT2D eigenvalue weighted by atomic mass is 32.1. The Morgan fingerprint density at radius 2 is 2.05 bits per heavy atom. The Labute approximate surface area is 130 Å². The van der Waals surface area contributed by atoms with Gasteiger partial charge in [-0.3, -0.25) is 9.78 Å². The number of fused-ring (bicyclic) bond motifs is 1. The van der Waals surface area contributed by atoms with Gasteiger partial charge in [-0.1, -0.05) is 12.1 Å². The molecule has 2 heterocycles. The molecule has 0 saturated heterocycles. The van der Waals surface area contributed by atoms with Crippen LogP contribution in [0.1, 0.15) is 26.3 Å².